The molecular weight excluding hydrogens is 238 g/mol. The smallest absolute Gasteiger partial charge is 0.0780 e. The van der Waals surface area contributed by atoms with E-state index >= 15 is 0 Å². The third-order valence-electron chi connectivity index (χ3n) is 2.74. The van der Waals surface area contributed by atoms with E-state index < -0.39 is 0 Å². The molecule has 0 aliphatic carbocycles. The van der Waals surface area contributed by atoms with E-state index in [-0.39, 0.29) is 12.4 Å². The first kappa shape index (κ1) is 19.0. The number of quaternary nitrogens is 1. The van der Waals surface area contributed by atoms with E-state index in [9.17, 15) is 0 Å². The summed E-state index contributed by atoms with van der Waals surface area (Å²) in [7, 11) is 6.83. The molecule has 0 atom stereocenters. The van der Waals surface area contributed by atoms with E-state index in [2.05, 4.69) is 33.8 Å². The Morgan fingerprint density at radius 3 is 1.44 bits per heavy atom. The topological polar surface area (TPSA) is 0 Å². The van der Waals surface area contributed by atoms with Gasteiger partial charge in [0.2, 0.25) is 0 Å². The third-order valence-corrected chi connectivity index (χ3v) is 3.05. The molecule has 16 heavy (non-hydrogen) atoms. The highest BCUT2D eigenvalue weighted by atomic mass is 35.5. The van der Waals surface area contributed by atoms with Crippen molar-refractivity contribution in [2.75, 3.05) is 33.4 Å². The van der Waals surface area contributed by atoms with Gasteiger partial charge >= 0.3 is 0 Å². The summed E-state index contributed by atoms with van der Waals surface area (Å²) in [5.41, 5.74) is 0. The monoisotopic (exact) mass is 267 g/mol. The van der Waals surface area contributed by atoms with Crippen molar-refractivity contribution in [3.8, 4) is 0 Å². The highest BCUT2D eigenvalue weighted by Gasteiger charge is 2.04. The zero-order chi connectivity index (χ0) is 11.6. The first-order valence-corrected chi connectivity index (χ1v) is 7.11. The molecule has 3 heteroatoms. The average molecular weight is 268 g/mol. The van der Waals surface area contributed by atoms with Gasteiger partial charge in [-0.25, -0.2) is 0 Å². The maximum Gasteiger partial charge on any atom is 0.0780 e. The maximum absolute atomic E-state index is 4.22. The number of rotatable bonds is 10. The van der Waals surface area contributed by atoms with Gasteiger partial charge in [0, 0.05) is 0 Å². The molecule has 0 N–H and O–H groups in total. The number of halogens is 1. The lowest BCUT2D eigenvalue weighted by Gasteiger charge is -2.23. The summed E-state index contributed by atoms with van der Waals surface area (Å²) >= 11 is 4.22. The predicted molar refractivity (Wildman–Crippen MR) is 73.7 cm³/mol. The number of nitrogens with zero attached hydrogens (tertiary/aromatic N) is 1. The van der Waals surface area contributed by atoms with Crippen molar-refractivity contribution in [2.24, 2.45) is 0 Å². The quantitative estimate of drug-likeness (QED) is 0.337. The van der Waals surface area contributed by atoms with Gasteiger partial charge in [0.25, 0.3) is 0 Å². The minimum Gasteiger partial charge on any atom is -1.00 e. The zero-order valence-electron chi connectivity index (χ0n) is 11.3. The Labute approximate surface area is 114 Å². The normalized spacial score (nSPS) is 11.2. The van der Waals surface area contributed by atoms with E-state index in [0.29, 0.717) is 0 Å². The molecule has 1 nitrogen and oxygen atoms in total. The lowest BCUT2D eigenvalue weighted by Crippen LogP contribution is -3.00. The van der Waals surface area contributed by atoms with Gasteiger partial charge in [0.15, 0.2) is 0 Å². The molecule has 0 saturated carbocycles. The van der Waals surface area contributed by atoms with Gasteiger partial charge in [-0.15, -0.1) is 0 Å². The van der Waals surface area contributed by atoms with Gasteiger partial charge in [-0.2, -0.15) is 12.6 Å². The largest absolute Gasteiger partial charge is 1.00 e. The molecule has 0 amide bonds. The van der Waals surface area contributed by atoms with Crippen LogP contribution in [0.2, 0.25) is 0 Å². The Morgan fingerprint density at radius 2 is 1.06 bits per heavy atom. The van der Waals surface area contributed by atoms with Crippen LogP contribution in [0.15, 0.2) is 0 Å². The molecular formula is C13H30ClNS. The summed E-state index contributed by atoms with van der Waals surface area (Å²) < 4.78 is 1.11. The second-order valence-corrected chi connectivity index (χ2v) is 6.01. The summed E-state index contributed by atoms with van der Waals surface area (Å²) in [5, 5.41) is 0. The lowest BCUT2D eigenvalue weighted by atomic mass is 10.1. The van der Waals surface area contributed by atoms with Gasteiger partial charge < -0.3 is 16.9 Å². The standard InChI is InChI=1S/C13H29NS.ClH/c1-14(2,3)12-10-8-6-4-5-7-9-11-13-15;/h4-13H2,1-3H3;1H. The van der Waals surface area contributed by atoms with Crippen LogP contribution in [0.5, 0.6) is 0 Å². The van der Waals surface area contributed by atoms with Crippen LogP contribution in [0.3, 0.4) is 0 Å². The van der Waals surface area contributed by atoms with Crippen molar-refractivity contribution in [1.29, 1.82) is 0 Å². The lowest BCUT2D eigenvalue weighted by molar-refractivity contribution is -0.870. The zero-order valence-corrected chi connectivity index (χ0v) is 13.0. The summed E-state index contributed by atoms with van der Waals surface area (Å²) in [4.78, 5) is 0. The number of thiol groups is 1. The van der Waals surface area contributed by atoms with Gasteiger partial charge in [0.1, 0.15) is 0 Å². The first-order chi connectivity index (χ1) is 7.06. The molecule has 0 rings (SSSR count). The van der Waals surface area contributed by atoms with Crippen molar-refractivity contribution in [2.45, 2.75) is 51.4 Å². The van der Waals surface area contributed by atoms with E-state index in [1.807, 2.05) is 0 Å². The Morgan fingerprint density at radius 1 is 0.688 bits per heavy atom. The molecule has 0 saturated heterocycles. The van der Waals surface area contributed by atoms with Crippen molar-refractivity contribution in [3.05, 3.63) is 0 Å². The second-order valence-electron chi connectivity index (χ2n) is 5.57. The van der Waals surface area contributed by atoms with Crippen LogP contribution in [0.25, 0.3) is 0 Å². The van der Waals surface area contributed by atoms with E-state index in [0.717, 1.165) is 10.2 Å². The van der Waals surface area contributed by atoms with Crippen LogP contribution in [0.1, 0.15) is 51.4 Å². The van der Waals surface area contributed by atoms with Gasteiger partial charge in [-0.05, 0) is 25.0 Å². The first-order valence-electron chi connectivity index (χ1n) is 6.47. The maximum atomic E-state index is 4.22. The van der Waals surface area contributed by atoms with Gasteiger partial charge in [-0.3, -0.25) is 0 Å². The van der Waals surface area contributed by atoms with Crippen molar-refractivity contribution < 1.29 is 16.9 Å². The minimum atomic E-state index is 0. The third kappa shape index (κ3) is 17.0. The van der Waals surface area contributed by atoms with Crippen LogP contribution < -0.4 is 12.4 Å². The van der Waals surface area contributed by atoms with Gasteiger partial charge in [-0.1, -0.05) is 32.1 Å². The van der Waals surface area contributed by atoms with E-state index in [4.69, 9.17) is 0 Å². The molecule has 0 aliphatic heterocycles. The van der Waals surface area contributed by atoms with Crippen LogP contribution in [0, 0.1) is 0 Å². The molecule has 0 bridgehead atoms. The Kier molecular flexibility index (Phi) is 14.3. The van der Waals surface area contributed by atoms with Crippen molar-refractivity contribution in [3.63, 3.8) is 0 Å². The second kappa shape index (κ2) is 12.1. The summed E-state index contributed by atoms with van der Waals surface area (Å²) in [6.07, 6.45) is 11.2. The van der Waals surface area contributed by atoms with Gasteiger partial charge in [0.05, 0.1) is 27.7 Å². The predicted octanol–water partition coefficient (Wildman–Crippen LogP) is 0.747. The molecule has 100 valence electrons. The number of hydrogen-bond acceptors (Lipinski definition) is 1. The summed E-state index contributed by atoms with van der Waals surface area (Å²) in [6.45, 7) is 1.32. The van der Waals surface area contributed by atoms with Crippen molar-refractivity contribution in [1.82, 2.24) is 0 Å². The Balaban J connectivity index is 0. The van der Waals surface area contributed by atoms with E-state index in [1.54, 1.807) is 0 Å². The summed E-state index contributed by atoms with van der Waals surface area (Å²) in [6, 6.07) is 0. The van der Waals surface area contributed by atoms with E-state index in [1.165, 1.54) is 57.9 Å². The highest BCUT2D eigenvalue weighted by Crippen LogP contribution is 2.09. The molecule has 0 aromatic carbocycles. The number of unbranched alkanes of at least 4 members (excludes halogenated alkanes) is 7. The average Bonchev–Trinajstić information content (AvgIpc) is 2.14. The summed E-state index contributed by atoms with van der Waals surface area (Å²) in [5.74, 6) is 1.06. The van der Waals surface area contributed by atoms with Crippen LogP contribution >= 0.6 is 12.6 Å². The van der Waals surface area contributed by atoms with Crippen LogP contribution in [-0.2, 0) is 0 Å². The SMILES string of the molecule is C[N+](C)(C)CCCCCCCCCCS.[Cl-]. The molecule has 0 fully saturated rings. The number of hydrogen-bond donors (Lipinski definition) is 1. The molecule has 0 aromatic heterocycles. The Hall–Kier alpha value is 0.600. The van der Waals surface area contributed by atoms with Crippen molar-refractivity contribution >= 4 is 12.6 Å². The highest BCUT2D eigenvalue weighted by molar-refractivity contribution is 7.80. The molecule has 0 aliphatic rings. The molecule has 0 heterocycles. The minimum absolute atomic E-state index is 0. The Bertz CT molecular complexity index is 134. The molecule has 0 radical (unpaired) electrons. The fourth-order valence-electron chi connectivity index (χ4n) is 1.76. The van der Waals surface area contributed by atoms with Crippen LogP contribution in [0.4, 0.5) is 0 Å². The molecule has 0 aromatic rings. The van der Waals surface area contributed by atoms with Crippen LogP contribution in [-0.4, -0.2) is 37.9 Å². The molecule has 0 unspecified atom stereocenters. The molecule has 0 spiro atoms. The fraction of sp³-hybridized carbons (Fsp3) is 1.00. The fourth-order valence-corrected chi connectivity index (χ4v) is 1.98.